The van der Waals surface area contributed by atoms with Gasteiger partial charge < -0.3 is 9.47 Å². The van der Waals surface area contributed by atoms with Crippen LogP contribution >= 0.6 is 0 Å². The quantitative estimate of drug-likeness (QED) is 0.269. The average molecular weight is 451 g/mol. The van der Waals surface area contributed by atoms with Gasteiger partial charge in [-0.15, -0.1) is 0 Å². The minimum Gasteiger partial charge on any atom is -0.454 e. The zero-order valence-corrected chi connectivity index (χ0v) is 19.3. The van der Waals surface area contributed by atoms with Crippen LogP contribution in [0.25, 0.3) is 11.3 Å². The van der Waals surface area contributed by atoms with E-state index in [1.807, 2.05) is 38.1 Å². The van der Waals surface area contributed by atoms with Crippen molar-refractivity contribution in [1.82, 2.24) is 9.78 Å². The van der Waals surface area contributed by atoms with Crippen LogP contribution in [0.15, 0.2) is 29.3 Å². The lowest BCUT2D eigenvalue weighted by Crippen LogP contribution is -2.26. The van der Waals surface area contributed by atoms with Crippen molar-refractivity contribution < 1.29 is 27.4 Å². The Morgan fingerprint density at radius 3 is 2.16 bits per heavy atom. The number of aromatic nitrogens is 2. The SMILES string of the molecule is CN=C/C(=C(/OCOC(=O)C(F)(F)F)c1c(C)c(C)nn1C)c1ccc(C(C)(C)C)cc1. The van der Waals surface area contributed by atoms with E-state index < -0.39 is 18.9 Å². The molecule has 2 rings (SSSR count). The highest BCUT2D eigenvalue weighted by atomic mass is 19.4. The van der Waals surface area contributed by atoms with E-state index in [9.17, 15) is 18.0 Å². The van der Waals surface area contributed by atoms with Gasteiger partial charge in [0.05, 0.1) is 5.69 Å². The van der Waals surface area contributed by atoms with Crippen molar-refractivity contribution >= 4 is 23.5 Å². The molecule has 0 aliphatic carbocycles. The number of aryl methyl sites for hydroxylation is 2. The van der Waals surface area contributed by atoms with Gasteiger partial charge in [0, 0.05) is 31.4 Å². The molecule has 0 aliphatic rings. The molecule has 0 spiro atoms. The Kier molecular flexibility index (Phi) is 7.54. The van der Waals surface area contributed by atoms with E-state index in [4.69, 9.17) is 4.74 Å². The summed E-state index contributed by atoms with van der Waals surface area (Å²) < 4.78 is 49.1. The lowest BCUT2D eigenvalue weighted by molar-refractivity contribution is -0.206. The minimum atomic E-state index is -5.11. The van der Waals surface area contributed by atoms with Crippen LogP contribution in [0.4, 0.5) is 13.2 Å². The van der Waals surface area contributed by atoms with Crippen LogP contribution in [0.2, 0.25) is 0 Å². The summed E-state index contributed by atoms with van der Waals surface area (Å²) in [6.45, 7) is 9.00. The van der Waals surface area contributed by atoms with Crippen LogP contribution in [0.3, 0.4) is 0 Å². The Morgan fingerprint density at radius 1 is 1.12 bits per heavy atom. The smallest absolute Gasteiger partial charge is 0.454 e. The number of hydrogen-bond donors (Lipinski definition) is 0. The summed E-state index contributed by atoms with van der Waals surface area (Å²) in [4.78, 5) is 15.2. The molecule has 1 heterocycles. The average Bonchev–Trinajstić information content (AvgIpc) is 2.94. The van der Waals surface area contributed by atoms with E-state index in [0.29, 0.717) is 11.3 Å². The van der Waals surface area contributed by atoms with Gasteiger partial charge in [-0.25, -0.2) is 4.79 Å². The molecular weight excluding hydrogens is 423 g/mol. The van der Waals surface area contributed by atoms with Gasteiger partial charge >= 0.3 is 12.1 Å². The fraction of sp³-hybridized carbons (Fsp3) is 0.435. The lowest BCUT2D eigenvalue weighted by Gasteiger charge is -2.20. The van der Waals surface area contributed by atoms with E-state index in [1.54, 1.807) is 25.0 Å². The molecule has 0 N–H and O–H groups in total. The number of benzene rings is 1. The van der Waals surface area contributed by atoms with Crippen molar-refractivity contribution in [2.45, 2.75) is 46.2 Å². The van der Waals surface area contributed by atoms with Gasteiger partial charge in [-0.3, -0.25) is 9.67 Å². The Hall–Kier alpha value is -3.10. The van der Waals surface area contributed by atoms with Crippen molar-refractivity contribution in [2.75, 3.05) is 13.8 Å². The summed E-state index contributed by atoms with van der Waals surface area (Å²) in [6.07, 6.45) is -3.56. The zero-order valence-electron chi connectivity index (χ0n) is 19.3. The molecule has 0 radical (unpaired) electrons. The number of alkyl halides is 3. The predicted molar refractivity (Wildman–Crippen MR) is 117 cm³/mol. The molecule has 1 aromatic heterocycles. The van der Waals surface area contributed by atoms with E-state index in [1.165, 1.54) is 0 Å². The summed E-state index contributed by atoms with van der Waals surface area (Å²) in [5.74, 6) is -2.12. The Morgan fingerprint density at radius 2 is 1.72 bits per heavy atom. The molecule has 9 heteroatoms. The molecule has 0 fully saturated rings. The first-order valence-corrected chi connectivity index (χ1v) is 9.92. The molecule has 0 saturated carbocycles. The van der Waals surface area contributed by atoms with Crippen LogP contribution in [0.5, 0.6) is 0 Å². The highest BCUT2D eigenvalue weighted by Crippen LogP contribution is 2.31. The maximum Gasteiger partial charge on any atom is 0.491 e. The minimum absolute atomic E-state index is 0.0535. The number of ether oxygens (including phenoxy) is 2. The second-order valence-electron chi connectivity index (χ2n) is 8.33. The molecule has 0 amide bonds. The largest absolute Gasteiger partial charge is 0.491 e. The predicted octanol–water partition coefficient (Wildman–Crippen LogP) is 4.98. The maximum absolute atomic E-state index is 12.5. The summed E-state index contributed by atoms with van der Waals surface area (Å²) in [5, 5.41) is 4.37. The molecule has 32 heavy (non-hydrogen) atoms. The number of hydrogen-bond acceptors (Lipinski definition) is 5. The van der Waals surface area contributed by atoms with Crippen LogP contribution in [-0.2, 0) is 26.7 Å². The monoisotopic (exact) mass is 451 g/mol. The molecule has 0 atom stereocenters. The van der Waals surface area contributed by atoms with E-state index in [0.717, 1.165) is 22.4 Å². The number of carbonyl (C=O) groups is 1. The first-order valence-electron chi connectivity index (χ1n) is 9.92. The molecule has 2 aromatic rings. The molecule has 0 aliphatic heterocycles. The molecule has 0 bridgehead atoms. The first kappa shape index (κ1) is 25.2. The molecule has 1 aromatic carbocycles. The standard InChI is InChI=1S/C23H28F3N3O3/c1-14-15(2)28-29(7)19(14)20(31-13-32-21(30)23(24,25)26)18(12-27-6)16-8-10-17(11-9-16)22(3,4)5/h8-12H,13H2,1-7H3/b20-18-,27-12?. The Labute approximate surface area is 185 Å². The van der Waals surface area contributed by atoms with Crippen molar-refractivity contribution in [3.63, 3.8) is 0 Å². The van der Waals surface area contributed by atoms with Crippen LogP contribution < -0.4 is 0 Å². The summed E-state index contributed by atoms with van der Waals surface area (Å²) in [5.41, 5.74) is 4.36. The summed E-state index contributed by atoms with van der Waals surface area (Å²) >= 11 is 0. The van der Waals surface area contributed by atoms with Crippen molar-refractivity contribution in [3.05, 3.63) is 52.3 Å². The third-order valence-electron chi connectivity index (χ3n) is 4.93. The summed E-state index contributed by atoms with van der Waals surface area (Å²) in [7, 11) is 3.27. The number of esters is 1. The fourth-order valence-corrected chi connectivity index (χ4v) is 3.12. The normalized spacial score (nSPS) is 13.3. The number of rotatable bonds is 6. The molecule has 0 saturated heterocycles. The van der Waals surface area contributed by atoms with Gasteiger partial charge in [-0.1, -0.05) is 45.0 Å². The van der Waals surface area contributed by atoms with Gasteiger partial charge in [0.15, 0.2) is 5.76 Å². The third kappa shape index (κ3) is 5.77. The lowest BCUT2D eigenvalue weighted by atomic mass is 9.86. The van der Waals surface area contributed by atoms with Crippen molar-refractivity contribution in [1.29, 1.82) is 0 Å². The second-order valence-corrected chi connectivity index (χ2v) is 8.33. The molecular formula is C23H28F3N3O3. The highest BCUT2D eigenvalue weighted by molar-refractivity contribution is 6.18. The topological polar surface area (TPSA) is 65.7 Å². The fourth-order valence-electron chi connectivity index (χ4n) is 3.12. The van der Waals surface area contributed by atoms with Gasteiger partial charge in [0.2, 0.25) is 6.79 Å². The highest BCUT2D eigenvalue weighted by Gasteiger charge is 2.41. The molecule has 174 valence electrons. The van der Waals surface area contributed by atoms with E-state index in [2.05, 4.69) is 35.6 Å². The Bertz CT molecular complexity index is 1030. The van der Waals surface area contributed by atoms with Gasteiger partial charge in [-0.05, 0) is 30.4 Å². The molecule has 6 nitrogen and oxygen atoms in total. The number of halogens is 3. The number of aliphatic imine (C=N–C) groups is 1. The van der Waals surface area contributed by atoms with Gasteiger partial charge in [0.1, 0.15) is 5.69 Å². The van der Waals surface area contributed by atoms with Crippen molar-refractivity contribution in [3.8, 4) is 0 Å². The van der Waals surface area contributed by atoms with Crippen LogP contribution in [-0.4, -0.2) is 42.0 Å². The number of allylic oxidation sites excluding steroid dienone is 1. The second kappa shape index (κ2) is 9.58. The van der Waals surface area contributed by atoms with E-state index >= 15 is 0 Å². The van der Waals surface area contributed by atoms with Crippen molar-refractivity contribution in [2.24, 2.45) is 12.0 Å². The maximum atomic E-state index is 12.5. The Balaban J connectivity index is 2.60. The van der Waals surface area contributed by atoms with Crippen LogP contribution in [0.1, 0.15) is 48.8 Å². The van der Waals surface area contributed by atoms with E-state index in [-0.39, 0.29) is 11.2 Å². The number of carbonyl (C=O) groups excluding carboxylic acids is 1. The number of nitrogens with zero attached hydrogens (tertiary/aromatic N) is 3. The third-order valence-corrected chi connectivity index (χ3v) is 4.93. The zero-order chi connectivity index (χ0) is 24.3. The molecule has 0 unspecified atom stereocenters. The first-order chi connectivity index (χ1) is 14.8. The van der Waals surface area contributed by atoms with Crippen LogP contribution in [0, 0.1) is 13.8 Å². The summed E-state index contributed by atoms with van der Waals surface area (Å²) in [6, 6.07) is 7.73. The van der Waals surface area contributed by atoms with Gasteiger partial charge in [0.25, 0.3) is 0 Å². The van der Waals surface area contributed by atoms with Gasteiger partial charge in [-0.2, -0.15) is 18.3 Å².